The predicted molar refractivity (Wildman–Crippen MR) is 89.4 cm³/mol. The lowest BCUT2D eigenvalue weighted by molar-refractivity contribution is 0.102. The van der Waals surface area contributed by atoms with E-state index in [1.807, 2.05) is 26.0 Å². The van der Waals surface area contributed by atoms with Crippen LogP contribution in [0.15, 0.2) is 24.3 Å². The summed E-state index contributed by atoms with van der Waals surface area (Å²) in [5, 5.41) is 6.40. The molecule has 1 aromatic carbocycles. The number of carbonyl (C=O) groups is 1. The number of carbonyl (C=O) groups excluding carboxylic acids is 1. The molecule has 0 saturated carbocycles. The van der Waals surface area contributed by atoms with E-state index in [1.165, 1.54) is 11.1 Å². The van der Waals surface area contributed by atoms with Crippen molar-refractivity contribution in [3.8, 4) is 0 Å². The van der Waals surface area contributed by atoms with E-state index in [-0.39, 0.29) is 5.91 Å². The second-order valence-corrected chi connectivity index (χ2v) is 5.89. The Bertz CT molecular complexity index is 715. The molecular formula is C18H23N3O. The first-order chi connectivity index (χ1) is 10.6. The van der Waals surface area contributed by atoms with Crippen molar-refractivity contribution in [2.24, 2.45) is 0 Å². The van der Waals surface area contributed by atoms with Crippen molar-refractivity contribution in [3.63, 3.8) is 0 Å². The number of anilines is 1. The molecule has 1 aliphatic heterocycles. The third-order valence-electron chi connectivity index (χ3n) is 4.49. The van der Waals surface area contributed by atoms with Crippen LogP contribution in [-0.2, 0) is 19.5 Å². The molecule has 22 heavy (non-hydrogen) atoms. The van der Waals surface area contributed by atoms with E-state index >= 15 is 0 Å². The Morgan fingerprint density at radius 2 is 2.09 bits per heavy atom. The second-order valence-electron chi connectivity index (χ2n) is 5.89. The summed E-state index contributed by atoms with van der Waals surface area (Å²) in [6.45, 7) is 8.93. The molecule has 0 fully saturated rings. The minimum absolute atomic E-state index is 0.0310. The molecule has 116 valence electrons. The maximum atomic E-state index is 12.5. The van der Waals surface area contributed by atoms with E-state index in [0.29, 0.717) is 0 Å². The number of amides is 1. The zero-order valence-electron chi connectivity index (χ0n) is 13.5. The van der Waals surface area contributed by atoms with Crippen molar-refractivity contribution < 1.29 is 4.79 Å². The molecule has 0 atom stereocenters. The average molecular weight is 297 g/mol. The highest BCUT2D eigenvalue weighted by Gasteiger charge is 2.16. The van der Waals surface area contributed by atoms with Gasteiger partial charge in [-0.2, -0.15) is 0 Å². The summed E-state index contributed by atoms with van der Waals surface area (Å²) in [6.07, 6.45) is 1.06. The fourth-order valence-corrected chi connectivity index (χ4v) is 3.27. The smallest absolute Gasteiger partial charge is 0.257 e. The van der Waals surface area contributed by atoms with E-state index in [2.05, 4.69) is 34.3 Å². The number of nitrogens with zero attached hydrogens (tertiary/aromatic N) is 1. The molecule has 3 rings (SSSR count). The summed E-state index contributed by atoms with van der Waals surface area (Å²) in [7, 11) is 0. The molecular weight excluding hydrogens is 274 g/mol. The quantitative estimate of drug-likeness (QED) is 0.915. The van der Waals surface area contributed by atoms with Crippen LogP contribution in [0, 0.1) is 13.8 Å². The van der Waals surface area contributed by atoms with Crippen LogP contribution in [0.3, 0.4) is 0 Å². The lowest BCUT2D eigenvalue weighted by atomic mass is 10.0. The highest BCUT2D eigenvalue weighted by Crippen LogP contribution is 2.21. The van der Waals surface area contributed by atoms with Gasteiger partial charge in [-0.15, -0.1) is 0 Å². The molecule has 2 aromatic rings. The van der Waals surface area contributed by atoms with Crippen LogP contribution in [0.1, 0.15) is 39.8 Å². The number of hydrogen-bond donors (Lipinski definition) is 2. The largest absolute Gasteiger partial charge is 0.349 e. The van der Waals surface area contributed by atoms with Gasteiger partial charge in [0.2, 0.25) is 0 Å². The van der Waals surface area contributed by atoms with Crippen molar-refractivity contribution in [3.05, 3.63) is 52.3 Å². The molecule has 0 unspecified atom stereocenters. The third-order valence-corrected chi connectivity index (χ3v) is 4.49. The summed E-state index contributed by atoms with van der Waals surface area (Å²) >= 11 is 0. The van der Waals surface area contributed by atoms with Crippen molar-refractivity contribution in [1.29, 1.82) is 0 Å². The Labute approximate surface area is 131 Å². The average Bonchev–Trinajstić information content (AvgIpc) is 2.81. The Kier molecular flexibility index (Phi) is 4.03. The minimum Gasteiger partial charge on any atom is -0.349 e. The monoisotopic (exact) mass is 297 g/mol. The molecule has 0 spiro atoms. The van der Waals surface area contributed by atoms with Gasteiger partial charge in [-0.05, 0) is 63.1 Å². The topological polar surface area (TPSA) is 46.1 Å². The summed E-state index contributed by atoms with van der Waals surface area (Å²) in [5.41, 5.74) is 6.44. The number of fused-ring (bicyclic) bond motifs is 1. The number of hydrogen-bond acceptors (Lipinski definition) is 2. The standard InChI is InChI=1S/C18H23N3O/c1-4-21-12(2)9-17(13(21)3)18(22)20-16-6-5-14-7-8-19-11-15(14)10-16/h5-6,9-10,19H,4,7-8,11H2,1-3H3,(H,20,22). The van der Waals surface area contributed by atoms with Gasteiger partial charge in [-0.1, -0.05) is 6.07 Å². The van der Waals surface area contributed by atoms with Crippen LogP contribution in [-0.4, -0.2) is 17.0 Å². The molecule has 1 aliphatic rings. The Balaban J connectivity index is 1.82. The fourth-order valence-electron chi connectivity index (χ4n) is 3.27. The minimum atomic E-state index is -0.0310. The SMILES string of the molecule is CCn1c(C)cc(C(=O)Nc2ccc3c(c2)CNCC3)c1C. The third kappa shape index (κ3) is 2.66. The molecule has 4 heteroatoms. The first-order valence-corrected chi connectivity index (χ1v) is 7.90. The van der Waals surface area contributed by atoms with Gasteiger partial charge in [0.25, 0.3) is 5.91 Å². The van der Waals surface area contributed by atoms with E-state index in [1.54, 1.807) is 0 Å². The Morgan fingerprint density at radius 3 is 2.82 bits per heavy atom. The van der Waals surface area contributed by atoms with Crippen molar-refractivity contribution in [1.82, 2.24) is 9.88 Å². The lowest BCUT2D eigenvalue weighted by Gasteiger charge is -2.18. The Morgan fingerprint density at radius 1 is 1.27 bits per heavy atom. The lowest BCUT2D eigenvalue weighted by Crippen LogP contribution is -2.23. The van der Waals surface area contributed by atoms with Crippen molar-refractivity contribution >= 4 is 11.6 Å². The van der Waals surface area contributed by atoms with Crippen LogP contribution < -0.4 is 10.6 Å². The molecule has 4 nitrogen and oxygen atoms in total. The van der Waals surface area contributed by atoms with Crippen LogP contribution in [0.4, 0.5) is 5.69 Å². The van der Waals surface area contributed by atoms with Crippen molar-refractivity contribution in [2.45, 2.75) is 40.3 Å². The van der Waals surface area contributed by atoms with Crippen LogP contribution in [0.5, 0.6) is 0 Å². The molecule has 0 radical (unpaired) electrons. The maximum Gasteiger partial charge on any atom is 0.257 e. The number of benzene rings is 1. The van der Waals surface area contributed by atoms with E-state index in [4.69, 9.17) is 0 Å². The molecule has 2 N–H and O–H groups in total. The van der Waals surface area contributed by atoms with Gasteiger partial charge in [0.05, 0.1) is 5.56 Å². The number of aryl methyl sites for hydroxylation is 1. The first kappa shape index (κ1) is 14.9. The molecule has 1 amide bonds. The molecule has 0 bridgehead atoms. The molecule has 1 aromatic heterocycles. The maximum absolute atomic E-state index is 12.5. The van der Waals surface area contributed by atoms with Gasteiger partial charge >= 0.3 is 0 Å². The summed E-state index contributed by atoms with van der Waals surface area (Å²) in [4.78, 5) is 12.5. The van der Waals surface area contributed by atoms with E-state index in [9.17, 15) is 4.79 Å². The summed E-state index contributed by atoms with van der Waals surface area (Å²) in [6, 6.07) is 8.18. The van der Waals surface area contributed by atoms with Crippen molar-refractivity contribution in [2.75, 3.05) is 11.9 Å². The number of rotatable bonds is 3. The fraction of sp³-hybridized carbons (Fsp3) is 0.389. The van der Waals surface area contributed by atoms with E-state index < -0.39 is 0 Å². The number of nitrogens with one attached hydrogen (secondary N) is 2. The highest BCUT2D eigenvalue weighted by molar-refractivity contribution is 6.05. The zero-order valence-corrected chi connectivity index (χ0v) is 13.5. The van der Waals surface area contributed by atoms with Gasteiger partial charge in [0.1, 0.15) is 0 Å². The second kappa shape index (κ2) is 5.97. The molecule has 0 aliphatic carbocycles. The van der Waals surface area contributed by atoms with Crippen LogP contribution in [0.2, 0.25) is 0 Å². The zero-order chi connectivity index (χ0) is 15.7. The van der Waals surface area contributed by atoms with Gasteiger partial charge in [0, 0.05) is 30.2 Å². The van der Waals surface area contributed by atoms with Crippen LogP contribution >= 0.6 is 0 Å². The summed E-state index contributed by atoms with van der Waals surface area (Å²) in [5.74, 6) is -0.0310. The first-order valence-electron chi connectivity index (χ1n) is 7.90. The van der Waals surface area contributed by atoms with Crippen LogP contribution in [0.25, 0.3) is 0 Å². The predicted octanol–water partition coefficient (Wildman–Crippen LogP) is 3.02. The number of aromatic nitrogens is 1. The highest BCUT2D eigenvalue weighted by atomic mass is 16.1. The van der Waals surface area contributed by atoms with Gasteiger partial charge in [-0.25, -0.2) is 0 Å². The van der Waals surface area contributed by atoms with Gasteiger partial charge in [-0.3, -0.25) is 4.79 Å². The normalized spacial score (nSPS) is 13.8. The van der Waals surface area contributed by atoms with Gasteiger partial charge in [0.15, 0.2) is 0 Å². The summed E-state index contributed by atoms with van der Waals surface area (Å²) < 4.78 is 2.16. The molecule has 2 heterocycles. The molecule has 0 saturated heterocycles. The Hall–Kier alpha value is -2.07. The van der Waals surface area contributed by atoms with E-state index in [0.717, 1.165) is 48.7 Å². The van der Waals surface area contributed by atoms with Gasteiger partial charge < -0.3 is 15.2 Å².